The Balaban J connectivity index is 1.97. The Morgan fingerprint density at radius 2 is 2.03 bits per heavy atom. The number of likely N-dealkylation sites (tertiary alicyclic amines) is 1. The van der Waals surface area contributed by atoms with Crippen LogP contribution in [0.2, 0.25) is 0 Å². The molecule has 0 radical (unpaired) electrons. The van der Waals surface area contributed by atoms with Gasteiger partial charge in [0, 0.05) is 38.8 Å². The maximum absolute atomic E-state index is 14.0. The monoisotopic (exact) mass is 411 g/mol. The molecular weight excluding hydrogens is 385 g/mol. The topological polar surface area (TPSA) is 70.6 Å². The zero-order valence-corrected chi connectivity index (χ0v) is 17.5. The Morgan fingerprint density at radius 3 is 2.67 bits per heavy atom. The van der Waals surface area contributed by atoms with Gasteiger partial charge in [-0.05, 0) is 35.2 Å². The van der Waals surface area contributed by atoms with Crippen LogP contribution in [-0.2, 0) is 26.3 Å². The highest BCUT2D eigenvalue weighted by Gasteiger charge is 2.54. The van der Waals surface area contributed by atoms with E-state index in [4.69, 9.17) is 0 Å². The molecule has 2 heterocycles. The summed E-state index contributed by atoms with van der Waals surface area (Å²) < 4.78 is 14.0. The van der Waals surface area contributed by atoms with E-state index in [2.05, 4.69) is 4.98 Å². The summed E-state index contributed by atoms with van der Waals surface area (Å²) in [6, 6.07) is 9.13. The van der Waals surface area contributed by atoms with Crippen LogP contribution in [0.15, 0.2) is 48.8 Å². The molecular formula is C23H26FN3O3. The second kappa shape index (κ2) is 8.73. The number of hydrogen-bond acceptors (Lipinski definition) is 4. The zero-order chi connectivity index (χ0) is 21.9. The van der Waals surface area contributed by atoms with Crippen LogP contribution in [0.25, 0.3) is 0 Å². The average molecular weight is 411 g/mol. The first-order valence-electron chi connectivity index (χ1n) is 9.96. The number of amides is 3. The van der Waals surface area contributed by atoms with Crippen LogP contribution in [0.5, 0.6) is 0 Å². The lowest BCUT2D eigenvalue weighted by Gasteiger charge is -2.29. The summed E-state index contributed by atoms with van der Waals surface area (Å²) in [5.41, 5.74) is -0.359. The minimum atomic E-state index is -1.41. The molecule has 3 rings (SSSR count). The van der Waals surface area contributed by atoms with Gasteiger partial charge in [-0.2, -0.15) is 0 Å². The first-order valence-corrected chi connectivity index (χ1v) is 9.96. The van der Waals surface area contributed by atoms with Crippen molar-refractivity contribution >= 4 is 17.7 Å². The number of pyridine rings is 1. The molecule has 1 aliphatic rings. The molecule has 1 aliphatic heterocycles. The lowest BCUT2D eigenvalue weighted by Crippen LogP contribution is -2.43. The quantitative estimate of drug-likeness (QED) is 0.657. The van der Waals surface area contributed by atoms with E-state index in [0.717, 1.165) is 4.90 Å². The lowest BCUT2D eigenvalue weighted by atomic mass is 9.75. The van der Waals surface area contributed by atoms with E-state index >= 15 is 0 Å². The largest absolute Gasteiger partial charge is 0.345 e. The Bertz CT molecular complexity index is 948. The number of carbonyl (C=O) groups is 3. The summed E-state index contributed by atoms with van der Waals surface area (Å²) in [4.78, 5) is 46.1. The van der Waals surface area contributed by atoms with Crippen molar-refractivity contribution in [1.29, 1.82) is 0 Å². The van der Waals surface area contributed by atoms with Gasteiger partial charge in [-0.25, -0.2) is 4.39 Å². The fraction of sp³-hybridized carbons (Fsp3) is 0.391. The molecule has 1 saturated heterocycles. The molecule has 2 aromatic rings. The minimum absolute atomic E-state index is 0.0681. The maximum atomic E-state index is 14.0. The standard InChI is InChI=1S/C23H26FN3O3/c1-16(2)14-26(3)20(28)11-23(18-7-4-8-19(24)10-18)12-21(29)27(22(23)30)15-17-6-5-9-25-13-17/h4-10,13,16H,11-12,14-15H2,1-3H3. The van der Waals surface area contributed by atoms with Crippen LogP contribution in [-0.4, -0.2) is 46.1 Å². The third-order valence-electron chi connectivity index (χ3n) is 5.37. The molecule has 1 atom stereocenters. The second-order valence-electron chi connectivity index (χ2n) is 8.26. The summed E-state index contributed by atoms with van der Waals surface area (Å²) >= 11 is 0. The molecule has 0 bridgehead atoms. The van der Waals surface area contributed by atoms with Gasteiger partial charge >= 0.3 is 0 Å². The van der Waals surface area contributed by atoms with Crippen molar-refractivity contribution < 1.29 is 18.8 Å². The molecule has 1 unspecified atom stereocenters. The van der Waals surface area contributed by atoms with Crippen molar-refractivity contribution in [2.24, 2.45) is 5.92 Å². The van der Waals surface area contributed by atoms with Gasteiger partial charge < -0.3 is 4.90 Å². The van der Waals surface area contributed by atoms with Gasteiger partial charge in [0.15, 0.2) is 0 Å². The van der Waals surface area contributed by atoms with Gasteiger partial charge in [-0.15, -0.1) is 0 Å². The smallest absolute Gasteiger partial charge is 0.241 e. The van der Waals surface area contributed by atoms with E-state index in [1.54, 1.807) is 42.5 Å². The third-order valence-corrected chi connectivity index (χ3v) is 5.37. The van der Waals surface area contributed by atoms with Gasteiger partial charge in [-0.1, -0.05) is 32.0 Å². The van der Waals surface area contributed by atoms with E-state index in [1.165, 1.54) is 18.2 Å². The lowest BCUT2D eigenvalue weighted by molar-refractivity contribution is -0.143. The first kappa shape index (κ1) is 21.6. The van der Waals surface area contributed by atoms with Crippen LogP contribution in [0, 0.1) is 11.7 Å². The summed E-state index contributed by atoms with van der Waals surface area (Å²) in [5.74, 6) is -1.37. The zero-order valence-electron chi connectivity index (χ0n) is 17.5. The van der Waals surface area contributed by atoms with Gasteiger partial charge in [0.1, 0.15) is 5.82 Å². The highest BCUT2D eigenvalue weighted by Crippen LogP contribution is 2.41. The fourth-order valence-electron chi connectivity index (χ4n) is 3.93. The maximum Gasteiger partial charge on any atom is 0.241 e. The average Bonchev–Trinajstić information content (AvgIpc) is 2.93. The van der Waals surface area contributed by atoms with Crippen LogP contribution >= 0.6 is 0 Å². The third kappa shape index (κ3) is 4.40. The summed E-state index contributed by atoms with van der Waals surface area (Å²) in [6.45, 7) is 4.58. The molecule has 1 aromatic heterocycles. The highest BCUT2D eigenvalue weighted by atomic mass is 19.1. The van der Waals surface area contributed by atoms with Crippen molar-refractivity contribution in [3.8, 4) is 0 Å². The van der Waals surface area contributed by atoms with Crippen molar-refractivity contribution in [3.63, 3.8) is 0 Å². The van der Waals surface area contributed by atoms with Crippen LogP contribution in [0.4, 0.5) is 4.39 Å². The van der Waals surface area contributed by atoms with E-state index in [1.807, 2.05) is 13.8 Å². The number of aromatic nitrogens is 1. The van der Waals surface area contributed by atoms with Crippen LogP contribution in [0.3, 0.4) is 0 Å². The minimum Gasteiger partial charge on any atom is -0.345 e. The fourth-order valence-corrected chi connectivity index (χ4v) is 3.93. The molecule has 7 heteroatoms. The molecule has 1 fully saturated rings. The van der Waals surface area contributed by atoms with Crippen molar-refractivity contribution in [1.82, 2.24) is 14.8 Å². The second-order valence-corrected chi connectivity index (χ2v) is 8.26. The van der Waals surface area contributed by atoms with Gasteiger partial charge in [0.25, 0.3) is 0 Å². The molecule has 0 aliphatic carbocycles. The Labute approximate surface area is 175 Å². The van der Waals surface area contributed by atoms with Gasteiger partial charge in [0.2, 0.25) is 17.7 Å². The van der Waals surface area contributed by atoms with Crippen molar-refractivity contribution in [2.75, 3.05) is 13.6 Å². The van der Waals surface area contributed by atoms with Gasteiger partial charge in [0.05, 0.1) is 12.0 Å². The number of nitrogens with zero attached hydrogens (tertiary/aromatic N) is 3. The summed E-state index contributed by atoms with van der Waals surface area (Å²) in [7, 11) is 1.68. The van der Waals surface area contributed by atoms with Crippen LogP contribution < -0.4 is 0 Å². The summed E-state index contributed by atoms with van der Waals surface area (Å²) in [6.07, 6.45) is 2.84. The molecule has 0 saturated carbocycles. The Hall–Kier alpha value is -3.09. The number of benzene rings is 1. The van der Waals surface area contributed by atoms with Crippen molar-refractivity contribution in [2.45, 2.75) is 38.6 Å². The van der Waals surface area contributed by atoms with E-state index < -0.39 is 17.1 Å². The summed E-state index contributed by atoms with van der Waals surface area (Å²) in [5, 5.41) is 0. The number of halogens is 1. The van der Waals surface area contributed by atoms with E-state index in [-0.39, 0.29) is 37.1 Å². The number of hydrogen-bond donors (Lipinski definition) is 0. The van der Waals surface area contributed by atoms with E-state index in [0.29, 0.717) is 17.7 Å². The molecule has 6 nitrogen and oxygen atoms in total. The highest BCUT2D eigenvalue weighted by molar-refractivity contribution is 6.10. The SMILES string of the molecule is CC(C)CN(C)C(=O)CC1(c2cccc(F)c2)CC(=O)N(Cc2cccnc2)C1=O. The number of rotatable bonds is 7. The Kier molecular flexibility index (Phi) is 6.29. The molecule has 3 amide bonds. The molecule has 158 valence electrons. The molecule has 0 N–H and O–H groups in total. The van der Waals surface area contributed by atoms with E-state index in [9.17, 15) is 18.8 Å². The molecule has 0 spiro atoms. The number of carbonyl (C=O) groups excluding carboxylic acids is 3. The molecule has 30 heavy (non-hydrogen) atoms. The van der Waals surface area contributed by atoms with Gasteiger partial charge in [-0.3, -0.25) is 24.3 Å². The molecule has 1 aromatic carbocycles. The predicted octanol–water partition coefficient (Wildman–Crippen LogP) is 2.92. The Morgan fingerprint density at radius 1 is 1.27 bits per heavy atom. The number of imide groups is 1. The first-order chi connectivity index (χ1) is 14.2. The normalized spacial score (nSPS) is 18.9. The van der Waals surface area contributed by atoms with Crippen molar-refractivity contribution in [3.05, 3.63) is 65.7 Å². The van der Waals surface area contributed by atoms with Crippen LogP contribution in [0.1, 0.15) is 37.8 Å². The predicted molar refractivity (Wildman–Crippen MR) is 110 cm³/mol.